The molecule has 0 radical (unpaired) electrons. The minimum absolute atomic E-state index is 0.551. The van der Waals surface area contributed by atoms with Crippen molar-refractivity contribution >= 4 is 22.7 Å². The van der Waals surface area contributed by atoms with Gasteiger partial charge in [0.1, 0.15) is 0 Å². The van der Waals surface area contributed by atoms with Gasteiger partial charge in [0.25, 0.3) is 0 Å². The number of allylic oxidation sites excluding steroid dienone is 1. The molecule has 1 fully saturated rings. The first-order valence-electron chi connectivity index (χ1n) is 7.35. The number of thiophene rings is 1. The van der Waals surface area contributed by atoms with Gasteiger partial charge in [0.2, 0.25) is 0 Å². The quantitative estimate of drug-likeness (QED) is 0.732. The molecule has 1 aliphatic carbocycles. The second-order valence-corrected chi connectivity index (χ2v) is 6.04. The van der Waals surface area contributed by atoms with Gasteiger partial charge < -0.3 is 5.32 Å². The summed E-state index contributed by atoms with van der Waals surface area (Å²) in [4.78, 5) is 6.21. The molecule has 104 valence electrons. The fourth-order valence-electron chi connectivity index (χ4n) is 2.51. The maximum absolute atomic E-state index is 4.93. The molecule has 0 unspecified atom stereocenters. The van der Waals surface area contributed by atoms with Gasteiger partial charge in [-0.05, 0) is 43.8 Å². The molecule has 0 aliphatic heterocycles. The predicted molar refractivity (Wildman–Crippen MR) is 86.5 cm³/mol. The molecule has 1 saturated carbocycles. The molecule has 2 rings (SSSR count). The van der Waals surface area contributed by atoms with Crippen molar-refractivity contribution in [2.45, 2.75) is 58.4 Å². The molecule has 0 bridgehead atoms. The van der Waals surface area contributed by atoms with E-state index in [1.807, 2.05) is 6.20 Å². The normalized spacial score (nSPS) is 18.1. The fourth-order valence-corrected chi connectivity index (χ4v) is 3.33. The van der Waals surface area contributed by atoms with Crippen LogP contribution in [0.3, 0.4) is 0 Å². The van der Waals surface area contributed by atoms with Gasteiger partial charge in [-0.25, -0.2) is 0 Å². The van der Waals surface area contributed by atoms with Crippen molar-refractivity contribution < 1.29 is 0 Å². The van der Waals surface area contributed by atoms with Crippen molar-refractivity contribution in [1.82, 2.24) is 0 Å². The third-order valence-electron chi connectivity index (χ3n) is 3.54. The van der Waals surface area contributed by atoms with Gasteiger partial charge in [0.15, 0.2) is 0 Å². The Morgan fingerprint density at radius 2 is 2.21 bits per heavy atom. The van der Waals surface area contributed by atoms with Crippen LogP contribution in [0.4, 0.5) is 5.69 Å². The zero-order valence-electron chi connectivity index (χ0n) is 12.0. The van der Waals surface area contributed by atoms with Crippen molar-refractivity contribution in [2.24, 2.45) is 4.99 Å². The molecule has 0 amide bonds. The summed E-state index contributed by atoms with van der Waals surface area (Å²) in [6.45, 7) is 4.29. The molecule has 0 saturated heterocycles. The van der Waals surface area contributed by atoms with Gasteiger partial charge in [0, 0.05) is 0 Å². The number of rotatable bonds is 5. The van der Waals surface area contributed by atoms with Crippen LogP contribution in [0.5, 0.6) is 0 Å². The largest absolute Gasteiger partial charge is 0.361 e. The van der Waals surface area contributed by atoms with Crippen LogP contribution in [0.1, 0.15) is 57.2 Å². The summed E-state index contributed by atoms with van der Waals surface area (Å²) < 4.78 is 0. The summed E-state index contributed by atoms with van der Waals surface area (Å²) in [7, 11) is 0. The summed E-state index contributed by atoms with van der Waals surface area (Å²) in [6.07, 6.45) is 11.8. The Labute approximate surface area is 120 Å². The van der Waals surface area contributed by atoms with Crippen molar-refractivity contribution in [3.8, 4) is 0 Å². The molecule has 0 atom stereocenters. The van der Waals surface area contributed by atoms with E-state index in [2.05, 4.69) is 36.7 Å². The van der Waals surface area contributed by atoms with E-state index in [0.717, 1.165) is 6.42 Å². The highest BCUT2D eigenvalue weighted by Crippen LogP contribution is 2.26. The first kappa shape index (κ1) is 14.3. The molecule has 0 aromatic carbocycles. The summed E-state index contributed by atoms with van der Waals surface area (Å²) in [5, 5.41) is 5.50. The monoisotopic (exact) mass is 276 g/mol. The molecule has 1 N–H and O–H groups in total. The molecule has 19 heavy (non-hydrogen) atoms. The average molecular weight is 276 g/mol. The molecule has 3 heteroatoms. The number of anilines is 1. The summed E-state index contributed by atoms with van der Waals surface area (Å²) in [5.74, 6) is 0. The molecule has 1 aliphatic rings. The van der Waals surface area contributed by atoms with Gasteiger partial charge in [-0.15, -0.1) is 11.3 Å². The Morgan fingerprint density at radius 3 is 2.95 bits per heavy atom. The van der Waals surface area contributed by atoms with Crippen LogP contribution < -0.4 is 5.32 Å². The van der Waals surface area contributed by atoms with Gasteiger partial charge in [-0.3, -0.25) is 4.99 Å². The van der Waals surface area contributed by atoms with Crippen molar-refractivity contribution in [1.29, 1.82) is 0 Å². The fraction of sp³-hybridized carbons (Fsp3) is 0.562. The summed E-state index contributed by atoms with van der Waals surface area (Å²) in [6, 6.07) is 2.69. The SMILES string of the molecule is CC/C=C/Nc1ccsc1C(C)=NC1CCCCC1. The Kier molecular flexibility index (Phi) is 5.64. The lowest BCUT2D eigenvalue weighted by Gasteiger charge is -2.18. The van der Waals surface area contributed by atoms with Crippen LogP contribution >= 0.6 is 11.3 Å². The molecule has 1 aromatic heterocycles. The van der Waals surface area contributed by atoms with Crippen LogP contribution in [-0.2, 0) is 0 Å². The highest BCUT2D eigenvalue weighted by atomic mass is 32.1. The summed E-state index contributed by atoms with van der Waals surface area (Å²) >= 11 is 1.78. The highest BCUT2D eigenvalue weighted by molar-refractivity contribution is 7.12. The molecular formula is C16H24N2S. The Hall–Kier alpha value is -1.09. The van der Waals surface area contributed by atoms with E-state index < -0.39 is 0 Å². The molecule has 1 heterocycles. The van der Waals surface area contributed by atoms with E-state index >= 15 is 0 Å². The molecular weight excluding hydrogens is 252 g/mol. The van der Waals surface area contributed by atoms with Gasteiger partial charge >= 0.3 is 0 Å². The van der Waals surface area contributed by atoms with E-state index in [4.69, 9.17) is 4.99 Å². The van der Waals surface area contributed by atoms with Crippen molar-refractivity contribution in [3.05, 3.63) is 28.6 Å². The number of nitrogens with one attached hydrogen (secondary N) is 1. The lowest BCUT2D eigenvalue weighted by atomic mass is 9.96. The second-order valence-electron chi connectivity index (χ2n) is 5.12. The van der Waals surface area contributed by atoms with Crippen LogP contribution in [0.25, 0.3) is 0 Å². The third kappa shape index (κ3) is 4.20. The first-order valence-corrected chi connectivity index (χ1v) is 8.23. The predicted octanol–water partition coefficient (Wildman–Crippen LogP) is 5.23. The minimum Gasteiger partial charge on any atom is -0.361 e. The topological polar surface area (TPSA) is 24.4 Å². The van der Waals surface area contributed by atoms with E-state index in [1.54, 1.807) is 11.3 Å². The smallest absolute Gasteiger partial charge is 0.0712 e. The number of hydrogen-bond acceptors (Lipinski definition) is 3. The number of nitrogens with zero attached hydrogens (tertiary/aromatic N) is 1. The summed E-state index contributed by atoms with van der Waals surface area (Å²) in [5.41, 5.74) is 2.38. The minimum atomic E-state index is 0.551. The zero-order valence-corrected chi connectivity index (χ0v) is 12.8. The highest BCUT2D eigenvalue weighted by Gasteiger charge is 2.14. The Morgan fingerprint density at radius 1 is 1.42 bits per heavy atom. The van der Waals surface area contributed by atoms with Crippen LogP contribution in [-0.4, -0.2) is 11.8 Å². The molecule has 2 nitrogen and oxygen atoms in total. The van der Waals surface area contributed by atoms with Crippen molar-refractivity contribution in [3.63, 3.8) is 0 Å². The van der Waals surface area contributed by atoms with Crippen molar-refractivity contribution in [2.75, 3.05) is 5.32 Å². The lowest BCUT2D eigenvalue weighted by molar-refractivity contribution is 0.443. The third-order valence-corrected chi connectivity index (χ3v) is 4.56. The second kappa shape index (κ2) is 7.49. The van der Waals surface area contributed by atoms with E-state index in [1.165, 1.54) is 48.4 Å². The Balaban J connectivity index is 2.05. The maximum Gasteiger partial charge on any atom is 0.0712 e. The van der Waals surface area contributed by atoms with Gasteiger partial charge in [-0.1, -0.05) is 32.3 Å². The van der Waals surface area contributed by atoms with Gasteiger partial charge in [0.05, 0.1) is 22.3 Å². The average Bonchev–Trinajstić information content (AvgIpc) is 2.89. The number of hydrogen-bond donors (Lipinski definition) is 1. The number of aliphatic imine (C=N–C) groups is 1. The van der Waals surface area contributed by atoms with Crippen LogP contribution in [0, 0.1) is 0 Å². The van der Waals surface area contributed by atoms with E-state index in [-0.39, 0.29) is 0 Å². The van der Waals surface area contributed by atoms with E-state index in [9.17, 15) is 0 Å². The Bertz CT molecular complexity index is 439. The zero-order chi connectivity index (χ0) is 13.5. The van der Waals surface area contributed by atoms with E-state index in [0.29, 0.717) is 6.04 Å². The lowest BCUT2D eigenvalue weighted by Crippen LogP contribution is -2.12. The first-order chi connectivity index (χ1) is 9.31. The standard InChI is InChI=1S/C16H24N2S/c1-3-4-11-17-15-10-12-19-16(15)13(2)18-14-8-6-5-7-9-14/h4,10-12,14,17H,3,5-9H2,1-2H3/b11-4+,18-13?. The van der Waals surface area contributed by atoms with Gasteiger partial charge in [-0.2, -0.15) is 0 Å². The molecule has 0 spiro atoms. The molecule has 1 aromatic rings. The maximum atomic E-state index is 4.93. The van der Waals surface area contributed by atoms with Crippen LogP contribution in [0.2, 0.25) is 0 Å². The van der Waals surface area contributed by atoms with Crippen LogP contribution in [0.15, 0.2) is 28.7 Å².